The van der Waals surface area contributed by atoms with Gasteiger partial charge in [0, 0.05) is 5.92 Å². The minimum atomic E-state index is 0.343. The van der Waals surface area contributed by atoms with Crippen molar-refractivity contribution in [2.24, 2.45) is 11.7 Å². The van der Waals surface area contributed by atoms with Crippen molar-refractivity contribution in [2.75, 3.05) is 0 Å². The monoisotopic (exact) mass is 195 g/mol. The van der Waals surface area contributed by atoms with Crippen LogP contribution in [0.15, 0.2) is 4.42 Å². The molecule has 1 aliphatic carbocycles. The van der Waals surface area contributed by atoms with Crippen LogP contribution >= 0.6 is 0 Å². The van der Waals surface area contributed by atoms with Gasteiger partial charge in [-0.25, -0.2) is 0 Å². The van der Waals surface area contributed by atoms with E-state index in [1.54, 1.807) is 0 Å². The van der Waals surface area contributed by atoms with E-state index in [4.69, 9.17) is 10.2 Å². The van der Waals surface area contributed by atoms with Gasteiger partial charge in [-0.05, 0) is 31.6 Å². The first kappa shape index (κ1) is 9.65. The largest absolute Gasteiger partial charge is 0.424 e. The van der Waals surface area contributed by atoms with Crippen LogP contribution in [-0.2, 0) is 6.54 Å². The fraction of sp³-hybridized carbons (Fsp3) is 0.800. The molecule has 1 heterocycles. The van der Waals surface area contributed by atoms with Gasteiger partial charge >= 0.3 is 0 Å². The summed E-state index contributed by atoms with van der Waals surface area (Å²) in [6, 6.07) is 0. The maximum Gasteiger partial charge on any atom is 0.230 e. The van der Waals surface area contributed by atoms with E-state index in [-0.39, 0.29) is 0 Å². The summed E-state index contributed by atoms with van der Waals surface area (Å²) in [6.45, 7) is 2.64. The molecule has 1 aromatic rings. The average Bonchev–Trinajstić information content (AvgIpc) is 2.67. The van der Waals surface area contributed by atoms with Crippen molar-refractivity contribution in [3.63, 3.8) is 0 Å². The van der Waals surface area contributed by atoms with Crippen LogP contribution in [0.3, 0.4) is 0 Å². The zero-order valence-corrected chi connectivity index (χ0v) is 8.57. The highest BCUT2D eigenvalue weighted by molar-refractivity contribution is 4.93. The van der Waals surface area contributed by atoms with Crippen LogP contribution in [0, 0.1) is 5.92 Å². The maximum absolute atomic E-state index is 5.46. The Balaban J connectivity index is 2.01. The fourth-order valence-corrected chi connectivity index (χ4v) is 2.02. The van der Waals surface area contributed by atoms with E-state index in [2.05, 4.69) is 17.1 Å². The number of rotatable bonds is 2. The first-order valence-corrected chi connectivity index (χ1v) is 5.32. The van der Waals surface area contributed by atoms with Crippen molar-refractivity contribution >= 4 is 0 Å². The van der Waals surface area contributed by atoms with Crippen LogP contribution in [-0.4, -0.2) is 10.2 Å². The number of nitrogens with two attached hydrogens (primary N) is 1. The van der Waals surface area contributed by atoms with Crippen LogP contribution in [0.1, 0.15) is 50.3 Å². The molecule has 0 radical (unpaired) electrons. The third-order valence-electron chi connectivity index (χ3n) is 3.02. The van der Waals surface area contributed by atoms with E-state index >= 15 is 0 Å². The molecular formula is C10H17N3O. The molecule has 0 spiro atoms. The second-order valence-corrected chi connectivity index (χ2v) is 4.19. The summed E-state index contributed by atoms with van der Waals surface area (Å²) < 4.78 is 5.46. The standard InChI is InChI=1S/C10H17N3O/c1-7-2-4-8(5-3-7)10-13-12-9(6-11)14-10/h7-8H,2-6,11H2,1H3. The predicted molar refractivity (Wildman–Crippen MR) is 52.6 cm³/mol. The van der Waals surface area contributed by atoms with Gasteiger partial charge in [0.15, 0.2) is 0 Å². The SMILES string of the molecule is CC1CCC(c2nnc(CN)o2)CC1. The Kier molecular flexibility index (Phi) is 2.82. The summed E-state index contributed by atoms with van der Waals surface area (Å²) in [5.74, 6) is 2.66. The normalized spacial score (nSPS) is 27.9. The molecule has 4 heteroatoms. The highest BCUT2D eigenvalue weighted by Gasteiger charge is 2.23. The minimum Gasteiger partial charge on any atom is -0.424 e. The molecule has 14 heavy (non-hydrogen) atoms. The molecule has 0 saturated heterocycles. The van der Waals surface area contributed by atoms with Gasteiger partial charge in [-0.15, -0.1) is 10.2 Å². The smallest absolute Gasteiger partial charge is 0.230 e. The van der Waals surface area contributed by atoms with Crippen molar-refractivity contribution in [3.8, 4) is 0 Å². The fourth-order valence-electron chi connectivity index (χ4n) is 2.02. The zero-order chi connectivity index (χ0) is 9.97. The molecule has 0 amide bonds. The Hall–Kier alpha value is -0.900. The van der Waals surface area contributed by atoms with Crippen LogP contribution in [0.4, 0.5) is 0 Å². The van der Waals surface area contributed by atoms with Crippen LogP contribution in [0.2, 0.25) is 0 Å². The van der Waals surface area contributed by atoms with Gasteiger partial charge < -0.3 is 10.2 Å². The average molecular weight is 195 g/mol. The maximum atomic E-state index is 5.46. The molecule has 0 aliphatic heterocycles. The van der Waals surface area contributed by atoms with Gasteiger partial charge in [-0.2, -0.15) is 0 Å². The Morgan fingerprint density at radius 1 is 1.29 bits per heavy atom. The van der Waals surface area contributed by atoms with Gasteiger partial charge in [0.1, 0.15) is 0 Å². The molecule has 1 aromatic heterocycles. The van der Waals surface area contributed by atoms with Crippen molar-refractivity contribution in [3.05, 3.63) is 11.8 Å². The summed E-state index contributed by atoms with van der Waals surface area (Å²) >= 11 is 0. The van der Waals surface area contributed by atoms with Crippen molar-refractivity contribution < 1.29 is 4.42 Å². The minimum absolute atomic E-state index is 0.343. The summed E-state index contributed by atoms with van der Waals surface area (Å²) in [5, 5.41) is 7.93. The molecule has 0 aromatic carbocycles. The third-order valence-corrected chi connectivity index (χ3v) is 3.02. The van der Waals surface area contributed by atoms with E-state index in [0.29, 0.717) is 18.4 Å². The molecule has 0 atom stereocenters. The van der Waals surface area contributed by atoms with Gasteiger partial charge in [0.05, 0.1) is 6.54 Å². The van der Waals surface area contributed by atoms with Crippen LogP contribution < -0.4 is 5.73 Å². The van der Waals surface area contributed by atoms with Gasteiger partial charge in [-0.3, -0.25) is 0 Å². The van der Waals surface area contributed by atoms with Gasteiger partial charge in [0.2, 0.25) is 11.8 Å². The quantitative estimate of drug-likeness (QED) is 0.781. The highest BCUT2D eigenvalue weighted by Crippen LogP contribution is 2.34. The third kappa shape index (κ3) is 1.95. The van der Waals surface area contributed by atoms with Gasteiger partial charge in [-0.1, -0.05) is 6.92 Å². The lowest BCUT2D eigenvalue weighted by Crippen LogP contribution is -2.11. The molecule has 78 valence electrons. The Bertz CT molecular complexity index is 289. The molecular weight excluding hydrogens is 178 g/mol. The number of hydrogen-bond donors (Lipinski definition) is 1. The van der Waals surface area contributed by atoms with Crippen molar-refractivity contribution in [1.29, 1.82) is 0 Å². The molecule has 4 nitrogen and oxygen atoms in total. The summed E-state index contributed by atoms with van der Waals surface area (Å²) in [4.78, 5) is 0. The van der Waals surface area contributed by atoms with E-state index in [1.165, 1.54) is 25.7 Å². The van der Waals surface area contributed by atoms with E-state index in [9.17, 15) is 0 Å². The van der Waals surface area contributed by atoms with Gasteiger partial charge in [0.25, 0.3) is 0 Å². The lowest BCUT2D eigenvalue weighted by molar-refractivity contribution is 0.302. The summed E-state index contributed by atoms with van der Waals surface area (Å²) in [6.07, 6.45) is 4.89. The lowest BCUT2D eigenvalue weighted by Gasteiger charge is -2.23. The van der Waals surface area contributed by atoms with E-state index < -0.39 is 0 Å². The summed E-state index contributed by atoms with van der Waals surface area (Å²) in [5.41, 5.74) is 5.42. The van der Waals surface area contributed by atoms with Crippen molar-refractivity contribution in [2.45, 2.75) is 45.1 Å². The molecule has 1 aliphatic rings. The molecule has 0 bridgehead atoms. The molecule has 0 unspecified atom stereocenters. The first-order chi connectivity index (χ1) is 6.79. The first-order valence-electron chi connectivity index (χ1n) is 5.32. The Morgan fingerprint density at radius 3 is 2.57 bits per heavy atom. The zero-order valence-electron chi connectivity index (χ0n) is 8.57. The van der Waals surface area contributed by atoms with E-state index in [1.807, 2.05) is 0 Å². The number of nitrogens with zero attached hydrogens (tertiary/aromatic N) is 2. The molecule has 2 N–H and O–H groups in total. The predicted octanol–water partition coefficient (Wildman–Crippen LogP) is 1.82. The highest BCUT2D eigenvalue weighted by atomic mass is 16.4. The van der Waals surface area contributed by atoms with E-state index in [0.717, 1.165) is 11.8 Å². The number of aromatic nitrogens is 2. The van der Waals surface area contributed by atoms with Crippen LogP contribution in [0.25, 0.3) is 0 Å². The Morgan fingerprint density at radius 2 is 2.00 bits per heavy atom. The number of hydrogen-bond acceptors (Lipinski definition) is 4. The Labute approximate surface area is 83.9 Å². The molecule has 2 rings (SSSR count). The summed E-state index contributed by atoms with van der Waals surface area (Å²) in [7, 11) is 0. The lowest BCUT2D eigenvalue weighted by atomic mass is 9.83. The van der Waals surface area contributed by atoms with Crippen LogP contribution in [0.5, 0.6) is 0 Å². The second kappa shape index (κ2) is 4.09. The second-order valence-electron chi connectivity index (χ2n) is 4.19. The molecule has 1 fully saturated rings. The topological polar surface area (TPSA) is 64.9 Å². The van der Waals surface area contributed by atoms with Crippen molar-refractivity contribution in [1.82, 2.24) is 10.2 Å². The molecule has 1 saturated carbocycles.